The van der Waals surface area contributed by atoms with E-state index in [1.165, 1.54) is 19.2 Å². The van der Waals surface area contributed by atoms with Crippen LogP contribution in [0.5, 0.6) is 5.75 Å². The fourth-order valence-electron chi connectivity index (χ4n) is 3.55. The molecule has 1 atom stereocenters. The molecule has 2 aromatic heterocycles. The summed E-state index contributed by atoms with van der Waals surface area (Å²) in [4.78, 5) is 21.5. The van der Waals surface area contributed by atoms with E-state index in [0.717, 1.165) is 11.6 Å². The first-order valence-electron chi connectivity index (χ1n) is 10.6. The molecule has 2 heterocycles. The van der Waals surface area contributed by atoms with Crippen molar-refractivity contribution in [3.63, 3.8) is 0 Å². The maximum Gasteiger partial charge on any atom is 0.433 e. The highest BCUT2D eigenvalue weighted by Crippen LogP contribution is 2.36. The number of nitrogens with one attached hydrogen (secondary N) is 1. The zero-order valence-corrected chi connectivity index (χ0v) is 20.0. The lowest BCUT2D eigenvalue weighted by Gasteiger charge is -2.11. The summed E-state index contributed by atoms with van der Waals surface area (Å²) in [6.07, 6.45) is -3.06. The lowest BCUT2D eigenvalue weighted by molar-refractivity contribution is -0.140. The standard InChI is InChI=1S/C24H21F3N4O4S/c1-34-17-9-7-16(15-8-10-19(24(25,26)27)30-20(15)17)23-31-21(18(11-28)35-23)22(32)29-12-13-3-5-14(6-4-13)36(2)33/h3-10H,11-12,28H2,1-2H3,(H,29,32). The van der Waals surface area contributed by atoms with Gasteiger partial charge in [-0.15, -0.1) is 0 Å². The minimum atomic E-state index is -4.63. The van der Waals surface area contributed by atoms with Crippen LogP contribution in [0.2, 0.25) is 0 Å². The van der Waals surface area contributed by atoms with Gasteiger partial charge in [0.15, 0.2) is 11.5 Å². The van der Waals surface area contributed by atoms with Gasteiger partial charge in [0.25, 0.3) is 5.91 Å². The van der Waals surface area contributed by atoms with Gasteiger partial charge in [0.2, 0.25) is 5.89 Å². The molecule has 0 spiro atoms. The van der Waals surface area contributed by atoms with Crippen molar-refractivity contribution < 1.29 is 31.3 Å². The number of hydrogen-bond acceptors (Lipinski definition) is 7. The van der Waals surface area contributed by atoms with Crippen molar-refractivity contribution in [1.29, 1.82) is 0 Å². The lowest BCUT2D eigenvalue weighted by Crippen LogP contribution is -2.24. The highest BCUT2D eigenvalue weighted by molar-refractivity contribution is 7.84. The van der Waals surface area contributed by atoms with E-state index in [9.17, 15) is 22.2 Å². The maximum atomic E-state index is 13.2. The van der Waals surface area contributed by atoms with Gasteiger partial charge >= 0.3 is 6.18 Å². The molecule has 3 N–H and O–H groups in total. The lowest BCUT2D eigenvalue weighted by atomic mass is 10.1. The fraction of sp³-hybridized carbons (Fsp3) is 0.208. The van der Waals surface area contributed by atoms with E-state index in [1.54, 1.807) is 36.6 Å². The molecule has 0 saturated carbocycles. The van der Waals surface area contributed by atoms with E-state index in [4.69, 9.17) is 14.9 Å². The number of alkyl halides is 3. The van der Waals surface area contributed by atoms with Crippen LogP contribution in [0, 0.1) is 0 Å². The Morgan fingerprint density at radius 2 is 1.83 bits per heavy atom. The third-order valence-electron chi connectivity index (χ3n) is 5.37. The number of rotatable bonds is 7. The van der Waals surface area contributed by atoms with Gasteiger partial charge in [-0.2, -0.15) is 13.2 Å². The van der Waals surface area contributed by atoms with Crippen molar-refractivity contribution in [1.82, 2.24) is 15.3 Å². The van der Waals surface area contributed by atoms with Crippen molar-refractivity contribution in [3.8, 4) is 17.2 Å². The van der Waals surface area contributed by atoms with Gasteiger partial charge in [0, 0.05) is 39.4 Å². The number of hydrogen-bond donors (Lipinski definition) is 2. The van der Waals surface area contributed by atoms with Gasteiger partial charge < -0.3 is 20.2 Å². The molecule has 1 amide bonds. The van der Waals surface area contributed by atoms with Gasteiger partial charge in [-0.25, -0.2) is 9.97 Å². The minimum absolute atomic E-state index is 0.00425. The molecular formula is C24H21F3N4O4S. The first-order chi connectivity index (χ1) is 17.1. The molecule has 4 rings (SSSR count). The first-order valence-corrected chi connectivity index (χ1v) is 12.1. The number of nitrogens with two attached hydrogens (primary N) is 1. The molecule has 0 aliphatic carbocycles. The summed E-state index contributed by atoms with van der Waals surface area (Å²) in [5.41, 5.74) is 5.72. The SMILES string of the molecule is COc1ccc(-c2nc(C(=O)NCc3ccc(S(C)=O)cc3)c(CN)o2)c2ccc(C(F)(F)F)nc12. The maximum absolute atomic E-state index is 13.2. The second-order valence-electron chi connectivity index (χ2n) is 7.68. The normalized spacial score (nSPS) is 12.5. The van der Waals surface area contributed by atoms with Crippen LogP contribution in [0.1, 0.15) is 27.5 Å². The monoisotopic (exact) mass is 518 g/mol. The molecule has 0 bridgehead atoms. The molecule has 12 heteroatoms. The van der Waals surface area contributed by atoms with E-state index < -0.39 is 28.6 Å². The number of carbonyl (C=O) groups is 1. The van der Waals surface area contributed by atoms with Gasteiger partial charge in [-0.05, 0) is 42.0 Å². The smallest absolute Gasteiger partial charge is 0.433 e. The second-order valence-corrected chi connectivity index (χ2v) is 9.06. The summed E-state index contributed by atoms with van der Waals surface area (Å²) < 4.78 is 62.1. The number of aromatic nitrogens is 2. The number of oxazole rings is 1. The number of halogens is 3. The quantitative estimate of drug-likeness (QED) is 0.379. The largest absolute Gasteiger partial charge is 0.494 e. The van der Waals surface area contributed by atoms with Crippen molar-refractivity contribution in [2.24, 2.45) is 5.73 Å². The van der Waals surface area contributed by atoms with Crippen LogP contribution >= 0.6 is 0 Å². The predicted molar refractivity (Wildman–Crippen MR) is 127 cm³/mol. The fourth-order valence-corrected chi connectivity index (χ4v) is 4.07. The molecule has 0 aliphatic heterocycles. The van der Waals surface area contributed by atoms with Crippen molar-refractivity contribution >= 4 is 27.6 Å². The zero-order valence-electron chi connectivity index (χ0n) is 19.2. The molecule has 1 unspecified atom stereocenters. The number of ether oxygens (including phenoxy) is 1. The zero-order chi connectivity index (χ0) is 26.0. The molecule has 0 aliphatic rings. The Morgan fingerprint density at radius 3 is 2.44 bits per heavy atom. The summed E-state index contributed by atoms with van der Waals surface area (Å²) in [6, 6.07) is 12.0. The Labute approximate surface area is 206 Å². The summed E-state index contributed by atoms with van der Waals surface area (Å²) in [5.74, 6) is -0.280. The van der Waals surface area contributed by atoms with Crippen LogP contribution in [0.3, 0.4) is 0 Å². The van der Waals surface area contributed by atoms with E-state index >= 15 is 0 Å². The van der Waals surface area contributed by atoms with E-state index in [2.05, 4.69) is 15.3 Å². The second kappa shape index (κ2) is 10.1. The summed E-state index contributed by atoms with van der Waals surface area (Å²) in [7, 11) is 0.216. The molecule has 8 nitrogen and oxygen atoms in total. The molecule has 2 aromatic carbocycles. The van der Waals surface area contributed by atoms with Crippen molar-refractivity contribution in [2.75, 3.05) is 13.4 Å². The Morgan fingerprint density at radius 1 is 1.11 bits per heavy atom. The van der Waals surface area contributed by atoms with E-state index in [1.807, 2.05) is 0 Å². The number of pyridine rings is 1. The third-order valence-corrected chi connectivity index (χ3v) is 6.30. The van der Waals surface area contributed by atoms with Crippen LogP contribution in [0.4, 0.5) is 13.2 Å². The Bertz CT molecular complexity index is 1450. The van der Waals surface area contributed by atoms with Crippen LogP contribution in [0.15, 0.2) is 57.8 Å². The van der Waals surface area contributed by atoms with Crippen LogP contribution in [-0.2, 0) is 30.1 Å². The molecule has 36 heavy (non-hydrogen) atoms. The Kier molecular flexibility index (Phi) is 7.09. The highest BCUT2D eigenvalue weighted by Gasteiger charge is 2.33. The average molecular weight is 519 g/mol. The molecule has 188 valence electrons. The first kappa shape index (κ1) is 25.3. The number of benzene rings is 2. The van der Waals surface area contributed by atoms with Gasteiger partial charge in [0.1, 0.15) is 17.0 Å². The van der Waals surface area contributed by atoms with Gasteiger partial charge in [-0.1, -0.05) is 12.1 Å². The Balaban J connectivity index is 1.66. The molecule has 0 saturated heterocycles. The van der Waals surface area contributed by atoms with Crippen LogP contribution in [-0.4, -0.2) is 33.4 Å². The van der Waals surface area contributed by atoms with E-state index in [-0.39, 0.29) is 41.7 Å². The highest BCUT2D eigenvalue weighted by atomic mass is 32.2. The van der Waals surface area contributed by atoms with E-state index in [0.29, 0.717) is 15.8 Å². The number of methoxy groups -OCH3 is 1. The summed E-state index contributed by atoms with van der Waals surface area (Å²) in [6.45, 7) is 0.0502. The molecular weight excluding hydrogens is 497 g/mol. The number of fused-ring (bicyclic) bond motifs is 1. The van der Waals surface area contributed by atoms with Crippen LogP contribution < -0.4 is 15.8 Å². The Hall–Kier alpha value is -3.77. The average Bonchev–Trinajstić information content (AvgIpc) is 3.30. The van der Waals surface area contributed by atoms with Gasteiger partial charge in [0.05, 0.1) is 13.7 Å². The van der Waals surface area contributed by atoms with Crippen molar-refractivity contribution in [3.05, 3.63) is 71.2 Å². The molecule has 0 radical (unpaired) electrons. The number of nitrogens with zero attached hydrogens (tertiary/aromatic N) is 2. The summed E-state index contributed by atoms with van der Waals surface area (Å²) >= 11 is 0. The third kappa shape index (κ3) is 5.09. The van der Waals surface area contributed by atoms with Crippen molar-refractivity contribution in [2.45, 2.75) is 24.2 Å². The number of amides is 1. The predicted octanol–water partition coefficient (Wildman–Crippen LogP) is 4.04. The molecule has 4 aromatic rings. The minimum Gasteiger partial charge on any atom is -0.494 e. The topological polar surface area (TPSA) is 120 Å². The summed E-state index contributed by atoms with van der Waals surface area (Å²) in [5, 5.41) is 3.03. The van der Waals surface area contributed by atoms with Gasteiger partial charge in [-0.3, -0.25) is 9.00 Å². The number of carbonyl (C=O) groups excluding carboxylic acids is 1. The molecule has 0 fully saturated rings. The van der Waals surface area contributed by atoms with Crippen LogP contribution in [0.25, 0.3) is 22.4 Å².